The van der Waals surface area contributed by atoms with E-state index >= 15 is 0 Å². The molecule has 0 aliphatic carbocycles. The maximum absolute atomic E-state index is 5.46. The molecule has 1 aromatic carbocycles. The van der Waals surface area contributed by atoms with E-state index < -0.39 is 0 Å². The monoisotopic (exact) mass is 359 g/mol. The van der Waals surface area contributed by atoms with Gasteiger partial charge in [0.15, 0.2) is 0 Å². The minimum absolute atomic E-state index is 0.858. The van der Waals surface area contributed by atoms with Crippen LogP contribution in [0.15, 0.2) is 36.8 Å². The van der Waals surface area contributed by atoms with Gasteiger partial charge in [0.05, 0.1) is 24.5 Å². The molecular formula is C21H21N5O. The maximum Gasteiger partial charge on any atom is 0.140 e. The first-order valence-corrected chi connectivity index (χ1v) is 9.07. The third kappa shape index (κ3) is 2.13. The first kappa shape index (κ1) is 15.9. The van der Waals surface area contributed by atoms with Gasteiger partial charge in [0.1, 0.15) is 11.4 Å². The summed E-state index contributed by atoms with van der Waals surface area (Å²) in [6.07, 6.45) is 6.84. The second-order valence-electron chi connectivity index (χ2n) is 6.92. The molecule has 1 N–H and O–H groups in total. The molecule has 0 aliphatic rings. The van der Waals surface area contributed by atoms with Gasteiger partial charge in [0.2, 0.25) is 0 Å². The van der Waals surface area contributed by atoms with Gasteiger partial charge in [0, 0.05) is 53.7 Å². The molecule has 0 fully saturated rings. The SMILES string of the molecule is CCc1c(-c2cn(C)c3ccc(OC)cc23)[nH]c2ncc3cnn(C)c3c12. The Labute approximate surface area is 156 Å². The molecular weight excluding hydrogens is 338 g/mol. The van der Waals surface area contributed by atoms with Crippen molar-refractivity contribution in [3.05, 3.63) is 42.4 Å². The van der Waals surface area contributed by atoms with Crippen molar-refractivity contribution in [2.75, 3.05) is 7.11 Å². The lowest BCUT2D eigenvalue weighted by Gasteiger charge is -2.04. The van der Waals surface area contributed by atoms with E-state index in [2.05, 4.69) is 51.9 Å². The first-order chi connectivity index (χ1) is 13.1. The van der Waals surface area contributed by atoms with Gasteiger partial charge >= 0.3 is 0 Å². The van der Waals surface area contributed by atoms with Gasteiger partial charge in [-0.1, -0.05) is 6.92 Å². The van der Waals surface area contributed by atoms with E-state index in [0.29, 0.717) is 0 Å². The van der Waals surface area contributed by atoms with Crippen LogP contribution < -0.4 is 4.74 Å². The Morgan fingerprint density at radius 1 is 1.19 bits per heavy atom. The first-order valence-electron chi connectivity index (χ1n) is 9.07. The van der Waals surface area contributed by atoms with Crippen LogP contribution in [0.3, 0.4) is 0 Å². The standard InChI is InChI=1S/C21H21N5O/c1-5-14-18-20-12(10-23-26(20)3)9-22-21(18)24-19(14)16-11-25(2)17-7-6-13(27-4)8-15(16)17/h6-11H,5H2,1-4H3,(H,22,24). The highest BCUT2D eigenvalue weighted by atomic mass is 16.5. The second-order valence-corrected chi connectivity index (χ2v) is 6.92. The number of aromatic nitrogens is 5. The van der Waals surface area contributed by atoms with E-state index in [1.54, 1.807) is 7.11 Å². The number of ether oxygens (including phenoxy) is 1. The van der Waals surface area contributed by atoms with Crippen LogP contribution in [0.2, 0.25) is 0 Å². The third-order valence-corrected chi connectivity index (χ3v) is 5.44. The zero-order chi connectivity index (χ0) is 18.7. The molecule has 0 spiro atoms. The van der Waals surface area contributed by atoms with E-state index in [1.807, 2.05) is 30.2 Å². The van der Waals surface area contributed by atoms with Crippen LogP contribution in [0.25, 0.3) is 44.1 Å². The number of rotatable bonds is 3. The number of nitrogens with zero attached hydrogens (tertiary/aromatic N) is 4. The lowest BCUT2D eigenvalue weighted by Crippen LogP contribution is -1.91. The lowest BCUT2D eigenvalue weighted by molar-refractivity contribution is 0.415. The number of nitrogens with one attached hydrogen (secondary N) is 1. The van der Waals surface area contributed by atoms with Gasteiger partial charge in [-0.25, -0.2) is 4.98 Å². The average molecular weight is 359 g/mol. The highest BCUT2D eigenvalue weighted by Gasteiger charge is 2.20. The Morgan fingerprint density at radius 3 is 2.81 bits per heavy atom. The molecule has 5 rings (SSSR count). The van der Waals surface area contributed by atoms with Gasteiger partial charge in [-0.3, -0.25) is 4.68 Å². The Hall–Kier alpha value is -3.28. The van der Waals surface area contributed by atoms with Gasteiger partial charge in [-0.05, 0) is 30.2 Å². The average Bonchev–Trinajstić information content (AvgIpc) is 3.34. The summed E-state index contributed by atoms with van der Waals surface area (Å²) in [4.78, 5) is 8.23. The van der Waals surface area contributed by atoms with Crippen molar-refractivity contribution in [2.45, 2.75) is 13.3 Å². The molecule has 5 aromatic rings. The molecule has 0 aliphatic heterocycles. The summed E-state index contributed by atoms with van der Waals surface area (Å²) in [5.74, 6) is 0.858. The molecule has 136 valence electrons. The number of aryl methyl sites for hydroxylation is 3. The van der Waals surface area contributed by atoms with Crippen molar-refractivity contribution in [1.82, 2.24) is 24.3 Å². The smallest absolute Gasteiger partial charge is 0.140 e. The highest BCUT2D eigenvalue weighted by Crippen LogP contribution is 2.38. The lowest BCUT2D eigenvalue weighted by atomic mass is 10.0. The molecule has 0 atom stereocenters. The van der Waals surface area contributed by atoms with E-state index in [1.165, 1.54) is 16.5 Å². The number of fused-ring (bicyclic) bond motifs is 4. The summed E-state index contributed by atoms with van der Waals surface area (Å²) in [6, 6.07) is 6.20. The molecule has 6 nitrogen and oxygen atoms in total. The predicted molar refractivity (Wildman–Crippen MR) is 108 cm³/mol. The number of aromatic amines is 1. The summed E-state index contributed by atoms with van der Waals surface area (Å²) in [5.41, 5.74) is 6.74. The van der Waals surface area contributed by atoms with Crippen molar-refractivity contribution >= 4 is 32.8 Å². The van der Waals surface area contributed by atoms with E-state index in [0.717, 1.165) is 45.4 Å². The zero-order valence-electron chi connectivity index (χ0n) is 15.9. The molecule has 0 saturated carbocycles. The van der Waals surface area contributed by atoms with Crippen molar-refractivity contribution in [1.29, 1.82) is 0 Å². The van der Waals surface area contributed by atoms with E-state index in [4.69, 9.17) is 4.74 Å². The van der Waals surface area contributed by atoms with Crippen molar-refractivity contribution < 1.29 is 4.74 Å². The molecule has 4 aromatic heterocycles. The largest absolute Gasteiger partial charge is 0.497 e. The number of hydrogen-bond donors (Lipinski definition) is 1. The number of pyridine rings is 1. The maximum atomic E-state index is 5.46. The van der Waals surface area contributed by atoms with Gasteiger partial charge in [0.25, 0.3) is 0 Å². The van der Waals surface area contributed by atoms with Crippen LogP contribution in [0.5, 0.6) is 5.75 Å². The molecule has 0 amide bonds. The number of benzene rings is 1. The Balaban J connectivity index is 1.90. The highest BCUT2D eigenvalue weighted by molar-refractivity contribution is 6.09. The van der Waals surface area contributed by atoms with Gasteiger partial charge in [-0.2, -0.15) is 5.10 Å². The normalized spacial score (nSPS) is 11.9. The second kappa shape index (κ2) is 5.61. The summed E-state index contributed by atoms with van der Waals surface area (Å²) in [6.45, 7) is 2.19. The predicted octanol–water partition coefficient (Wildman–Crippen LogP) is 4.18. The number of H-pyrrole nitrogens is 1. The Bertz CT molecular complexity index is 1320. The van der Waals surface area contributed by atoms with E-state index in [-0.39, 0.29) is 0 Å². The molecule has 0 unspecified atom stereocenters. The summed E-state index contributed by atoms with van der Waals surface area (Å²) in [7, 11) is 5.76. The summed E-state index contributed by atoms with van der Waals surface area (Å²) >= 11 is 0. The number of hydrogen-bond acceptors (Lipinski definition) is 3. The Kier molecular flexibility index (Phi) is 3.31. The fraction of sp³-hybridized carbons (Fsp3) is 0.238. The number of methoxy groups -OCH3 is 1. The molecule has 0 radical (unpaired) electrons. The van der Waals surface area contributed by atoms with Crippen molar-refractivity contribution in [3.63, 3.8) is 0 Å². The molecule has 4 heterocycles. The van der Waals surface area contributed by atoms with Crippen LogP contribution in [0, 0.1) is 0 Å². The zero-order valence-corrected chi connectivity index (χ0v) is 15.9. The van der Waals surface area contributed by atoms with Crippen molar-refractivity contribution in [2.24, 2.45) is 14.1 Å². The molecule has 0 saturated heterocycles. The fourth-order valence-electron chi connectivity index (χ4n) is 4.15. The molecule has 6 heteroatoms. The summed E-state index contributed by atoms with van der Waals surface area (Å²) < 4.78 is 9.55. The molecule has 0 bridgehead atoms. The van der Waals surface area contributed by atoms with Gasteiger partial charge in [-0.15, -0.1) is 0 Å². The Morgan fingerprint density at radius 2 is 2.04 bits per heavy atom. The minimum Gasteiger partial charge on any atom is -0.497 e. The molecule has 27 heavy (non-hydrogen) atoms. The van der Waals surface area contributed by atoms with Gasteiger partial charge < -0.3 is 14.3 Å². The third-order valence-electron chi connectivity index (χ3n) is 5.44. The van der Waals surface area contributed by atoms with Crippen LogP contribution in [0.1, 0.15) is 12.5 Å². The quantitative estimate of drug-likeness (QED) is 0.526. The van der Waals surface area contributed by atoms with Crippen molar-refractivity contribution in [3.8, 4) is 17.0 Å². The van der Waals surface area contributed by atoms with Crippen LogP contribution >= 0.6 is 0 Å². The fourth-order valence-corrected chi connectivity index (χ4v) is 4.15. The van der Waals surface area contributed by atoms with Crippen LogP contribution in [-0.4, -0.2) is 31.4 Å². The topological polar surface area (TPSA) is 60.7 Å². The minimum atomic E-state index is 0.858. The van der Waals surface area contributed by atoms with Crippen LogP contribution in [0.4, 0.5) is 0 Å². The van der Waals surface area contributed by atoms with E-state index in [9.17, 15) is 0 Å². The summed E-state index contributed by atoms with van der Waals surface area (Å²) in [5, 5.41) is 7.81. The van der Waals surface area contributed by atoms with Crippen LogP contribution in [-0.2, 0) is 20.5 Å².